The van der Waals surface area contributed by atoms with Crippen LogP contribution in [-0.2, 0) is 4.74 Å². The summed E-state index contributed by atoms with van der Waals surface area (Å²) < 4.78 is 7.05. The molecule has 10 heavy (non-hydrogen) atoms. The van der Waals surface area contributed by atoms with Crippen LogP contribution in [0.5, 0.6) is 0 Å². The summed E-state index contributed by atoms with van der Waals surface area (Å²) >= 11 is 0. The summed E-state index contributed by atoms with van der Waals surface area (Å²) in [4.78, 5) is 3.86. The Hall–Kier alpha value is -0.900. The van der Waals surface area contributed by atoms with Crippen molar-refractivity contribution in [2.45, 2.75) is 12.5 Å². The van der Waals surface area contributed by atoms with Crippen molar-refractivity contribution in [3.05, 3.63) is 12.7 Å². The second kappa shape index (κ2) is 2.38. The molecule has 0 N–H and O–H groups in total. The van der Waals surface area contributed by atoms with Crippen molar-refractivity contribution in [1.29, 1.82) is 0 Å². The van der Waals surface area contributed by atoms with Gasteiger partial charge in [-0.2, -0.15) is 5.10 Å². The summed E-state index contributed by atoms with van der Waals surface area (Å²) in [7, 11) is 0. The van der Waals surface area contributed by atoms with Gasteiger partial charge < -0.3 is 4.74 Å². The minimum absolute atomic E-state index is 0.419. The molecule has 1 aliphatic heterocycles. The SMILES string of the molecule is c1ncn(C2CCOC2)n1. The summed E-state index contributed by atoms with van der Waals surface area (Å²) in [5, 5.41) is 4.02. The van der Waals surface area contributed by atoms with Crippen LogP contribution in [0, 0.1) is 0 Å². The van der Waals surface area contributed by atoms with E-state index >= 15 is 0 Å². The van der Waals surface area contributed by atoms with Gasteiger partial charge in [0.15, 0.2) is 0 Å². The van der Waals surface area contributed by atoms with E-state index in [-0.39, 0.29) is 0 Å². The number of hydrogen-bond acceptors (Lipinski definition) is 3. The molecule has 1 aromatic heterocycles. The molecule has 0 saturated carbocycles. The molecule has 0 amide bonds. The normalized spacial score (nSPS) is 25.4. The van der Waals surface area contributed by atoms with Crippen molar-refractivity contribution in [1.82, 2.24) is 14.8 Å². The van der Waals surface area contributed by atoms with E-state index in [0.29, 0.717) is 6.04 Å². The average molecular weight is 139 g/mol. The lowest BCUT2D eigenvalue weighted by molar-refractivity contribution is 0.184. The number of nitrogens with zero attached hydrogens (tertiary/aromatic N) is 3. The molecule has 0 spiro atoms. The highest BCUT2D eigenvalue weighted by Gasteiger charge is 2.17. The monoisotopic (exact) mass is 139 g/mol. The molecule has 2 rings (SSSR count). The number of ether oxygens (including phenoxy) is 1. The van der Waals surface area contributed by atoms with Crippen LogP contribution in [0.25, 0.3) is 0 Å². The smallest absolute Gasteiger partial charge is 0.137 e. The minimum Gasteiger partial charge on any atom is -0.379 e. The van der Waals surface area contributed by atoms with Crippen molar-refractivity contribution in [3.8, 4) is 0 Å². The van der Waals surface area contributed by atoms with E-state index in [9.17, 15) is 0 Å². The van der Waals surface area contributed by atoms with Crippen LogP contribution in [0.1, 0.15) is 12.5 Å². The van der Waals surface area contributed by atoms with E-state index in [0.717, 1.165) is 19.6 Å². The molecule has 4 nitrogen and oxygen atoms in total. The number of rotatable bonds is 1. The van der Waals surface area contributed by atoms with Gasteiger partial charge in [-0.05, 0) is 6.42 Å². The van der Waals surface area contributed by atoms with Crippen LogP contribution in [0.4, 0.5) is 0 Å². The molecule has 2 heterocycles. The highest BCUT2D eigenvalue weighted by atomic mass is 16.5. The van der Waals surface area contributed by atoms with Gasteiger partial charge in [-0.25, -0.2) is 9.67 Å². The van der Waals surface area contributed by atoms with Crippen LogP contribution in [0.3, 0.4) is 0 Å². The molecular formula is C6H9N3O. The van der Waals surface area contributed by atoms with Crippen molar-refractivity contribution in [3.63, 3.8) is 0 Å². The molecular weight excluding hydrogens is 130 g/mol. The summed E-state index contributed by atoms with van der Waals surface area (Å²) in [6, 6.07) is 0.419. The fraction of sp³-hybridized carbons (Fsp3) is 0.667. The van der Waals surface area contributed by atoms with Crippen molar-refractivity contribution < 1.29 is 4.74 Å². The Labute approximate surface area is 58.8 Å². The fourth-order valence-corrected chi connectivity index (χ4v) is 1.14. The van der Waals surface area contributed by atoms with E-state index in [1.807, 2.05) is 4.68 Å². The van der Waals surface area contributed by atoms with Gasteiger partial charge in [0.05, 0.1) is 12.6 Å². The van der Waals surface area contributed by atoms with Crippen molar-refractivity contribution >= 4 is 0 Å². The Bertz CT molecular complexity index is 191. The van der Waals surface area contributed by atoms with Crippen molar-refractivity contribution in [2.24, 2.45) is 0 Å². The first-order chi connectivity index (χ1) is 4.97. The van der Waals surface area contributed by atoms with Gasteiger partial charge in [-0.1, -0.05) is 0 Å². The molecule has 0 aliphatic carbocycles. The maximum atomic E-state index is 5.19. The minimum atomic E-state index is 0.419. The molecule has 54 valence electrons. The third-order valence-electron chi connectivity index (χ3n) is 1.72. The lowest BCUT2D eigenvalue weighted by Crippen LogP contribution is -2.08. The highest BCUT2D eigenvalue weighted by Crippen LogP contribution is 2.15. The highest BCUT2D eigenvalue weighted by molar-refractivity contribution is 4.71. The van der Waals surface area contributed by atoms with Gasteiger partial charge in [-0.3, -0.25) is 0 Å². The zero-order chi connectivity index (χ0) is 6.81. The van der Waals surface area contributed by atoms with Gasteiger partial charge in [0, 0.05) is 6.61 Å². The van der Waals surface area contributed by atoms with E-state index in [4.69, 9.17) is 4.74 Å². The second-order valence-electron chi connectivity index (χ2n) is 2.39. The number of hydrogen-bond donors (Lipinski definition) is 0. The average Bonchev–Trinajstić information content (AvgIpc) is 2.59. The maximum Gasteiger partial charge on any atom is 0.137 e. The summed E-state index contributed by atoms with van der Waals surface area (Å²) in [6.45, 7) is 1.63. The first kappa shape index (κ1) is 5.85. The summed E-state index contributed by atoms with van der Waals surface area (Å²) in [5.41, 5.74) is 0. The second-order valence-corrected chi connectivity index (χ2v) is 2.39. The van der Waals surface area contributed by atoms with Gasteiger partial charge in [0.25, 0.3) is 0 Å². The Morgan fingerprint density at radius 2 is 2.60 bits per heavy atom. The third-order valence-corrected chi connectivity index (χ3v) is 1.72. The van der Waals surface area contributed by atoms with Gasteiger partial charge >= 0.3 is 0 Å². The largest absolute Gasteiger partial charge is 0.379 e. The molecule has 1 aromatic rings. The van der Waals surface area contributed by atoms with Gasteiger partial charge in [0.2, 0.25) is 0 Å². The van der Waals surface area contributed by atoms with E-state index in [1.54, 1.807) is 12.7 Å². The van der Waals surface area contributed by atoms with Crippen LogP contribution in [-0.4, -0.2) is 28.0 Å². The standard InChI is InChI=1S/C6H9N3O/c1-2-10-3-6(1)9-5-7-4-8-9/h4-6H,1-3H2. The molecule has 4 heteroatoms. The first-order valence-electron chi connectivity index (χ1n) is 3.38. The lowest BCUT2D eigenvalue weighted by Gasteiger charge is -2.04. The molecule has 1 unspecified atom stereocenters. The van der Waals surface area contributed by atoms with Crippen LogP contribution >= 0.6 is 0 Å². The maximum absolute atomic E-state index is 5.19. The summed E-state index contributed by atoms with van der Waals surface area (Å²) in [6.07, 6.45) is 4.35. The lowest BCUT2D eigenvalue weighted by atomic mass is 10.3. The molecule has 1 fully saturated rings. The van der Waals surface area contributed by atoms with Crippen LogP contribution in [0.2, 0.25) is 0 Å². The molecule has 0 bridgehead atoms. The Balaban J connectivity index is 2.12. The van der Waals surface area contributed by atoms with Crippen LogP contribution in [0.15, 0.2) is 12.7 Å². The zero-order valence-electron chi connectivity index (χ0n) is 5.60. The molecule has 0 aromatic carbocycles. The van der Waals surface area contributed by atoms with Gasteiger partial charge in [0.1, 0.15) is 12.7 Å². The summed E-state index contributed by atoms with van der Waals surface area (Å²) in [5.74, 6) is 0. The Kier molecular flexibility index (Phi) is 1.39. The fourth-order valence-electron chi connectivity index (χ4n) is 1.14. The Morgan fingerprint density at radius 1 is 1.60 bits per heavy atom. The van der Waals surface area contributed by atoms with E-state index in [1.165, 1.54) is 0 Å². The van der Waals surface area contributed by atoms with E-state index in [2.05, 4.69) is 10.1 Å². The first-order valence-corrected chi connectivity index (χ1v) is 3.38. The van der Waals surface area contributed by atoms with Gasteiger partial charge in [-0.15, -0.1) is 0 Å². The molecule has 1 saturated heterocycles. The van der Waals surface area contributed by atoms with Crippen LogP contribution < -0.4 is 0 Å². The van der Waals surface area contributed by atoms with Crippen molar-refractivity contribution in [2.75, 3.05) is 13.2 Å². The zero-order valence-corrected chi connectivity index (χ0v) is 5.60. The molecule has 0 radical (unpaired) electrons. The quantitative estimate of drug-likeness (QED) is 0.559. The predicted octanol–water partition coefficient (Wildman–Crippen LogP) is 0.239. The third kappa shape index (κ3) is 0.903. The predicted molar refractivity (Wildman–Crippen MR) is 34.5 cm³/mol. The topological polar surface area (TPSA) is 39.9 Å². The molecule has 1 aliphatic rings. The number of aromatic nitrogens is 3. The van der Waals surface area contributed by atoms with E-state index < -0.39 is 0 Å². The Morgan fingerprint density at radius 3 is 3.20 bits per heavy atom. The molecule has 1 atom stereocenters.